The molecule has 0 aliphatic carbocycles. The fourth-order valence-electron chi connectivity index (χ4n) is 2.49. The van der Waals surface area contributed by atoms with E-state index < -0.39 is 0 Å². The van der Waals surface area contributed by atoms with Crippen molar-refractivity contribution < 1.29 is 14.1 Å². The van der Waals surface area contributed by atoms with Gasteiger partial charge < -0.3 is 9.31 Å². The number of hydrogen-bond acceptors (Lipinski definition) is 3. The van der Waals surface area contributed by atoms with E-state index in [1.54, 1.807) is 0 Å². The van der Waals surface area contributed by atoms with Gasteiger partial charge in [0.25, 0.3) is 0 Å². The number of Topliss-reactive ketones (excluding diaryl/α,β-unsaturated/α-hetero) is 1. The van der Waals surface area contributed by atoms with Gasteiger partial charge in [-0.2, -0.15) is 0 Å². The summed E-state index contributed by atoms with van der Waals surface area (Å²) in [6.07, 6.45) is 1.47. The number of carbonyl (C=O) groups is 1. The Morgan fingerprint density at radius 3 is 2.19 bits per heavy atom. The highest BCUT2D eigenvalue weighted by molar-refractivity contribution is 6.62. The van der Waals surface area contributed by atoms with E-state index in [2.05, 4.69) is 0 Å². The largest absolute Gasteiger partial charge is 0.494 e. The van der Waals surface area contributed by atoms with Crippen LogP contribution in [0.5, 0.6) is 0 Å². The molecule has 0 aromatic heterocycles. The van der Waals surface area contributed by atoms with Gasteiger partial charge in [0.15, 0.2) is 5.78 Å². The lowest BCUT2D eigenvalue weighted by Crippen LogP contribution is -2.41. The first-order valence-corrected chi connectivity index (χ1v) is 7.67. The van der Waals surface area contributed by atoms with Crippen LogP contribution < -0.4 is 5.46 Å². The predicted octanol–water partition coefficient (Wildman–Crippen LogP) is 3.28. The summed E-state index contributed by atoms with van der Waals surface area (Å²) in [5.74, 6) is 0.204. The standard InChI is InChI=1S/C17H25BO3/c1-7-8-15(19)14-10-9-13(11-12(14)2)18-20-16(3,4)17(5,6)21-18/h9-11H,7-8H2,1-6H3. The molecule has 114 valence electrons. The molecule has 0 amide bonds. The second kappa shape index (κ2) is 5.58. The number of benzene rings is 1. The van der Waals surface area contributed by atoms with Crippen LogP contribution in [0.2, 0.25) is 0 Å². The highest BCUT2D eigenvalue weighted by atomic mass is 16.7. The molecular formula is C17H25BO3. The summed E-state index contributed by atoms with van der Waals surface area (Å²) in [5, 5.41) is 0. The van der Waals surface area contributed by atoms with E-state index in [0.717, 1.165) is 23.0 Å². The molecule has 1 aliphatic rings. The molecule has 2 rings (SSSR count). The summed E-state index contributed by atoms with van der Waals surface area (Å²) in [7, 11) is -0.371. The minimum atomic E-state index is -0.371. The summed E-state index contributed by atoms with van der Waals surface area (Å²) < 4.78 is 12.1. The molecule has 0 N–H and O–H groups in total. The number of carbonyl (C=O) groups excluding carboxylic acids is 1. The van der Waals surface area contributed by atoms with E-state index in [1.807, 2.05) is 59.7 Å². The van der Waals surface area contributed by atoms with Crippen LogP contribution in [0.1, 0.15) is 63.4 Å². The Labute approximate surface area is 128 Å². The predicted molar refractivity (Wildman–Crippen MR) is 86.1 cm³/mol. The molecule has 21 heavy (non-hydrogen) atoms. The lowest BCUT2D eigenvalue weighted by molar-refractivity contribution is 0.00578. The zero-order valence-electron chi connectivity index (χ0n) is 13.9. The molecule has 1 aromatic carbocycles. The minimum Gasteiger partial charge on any atom is -0.399 e. The maximum Gasteiger partial charge on any atom is 0.494 e. The molecule has 3 nitrogen and oxygen atoms in total. The number of aryl methyl sites for hydroxylation is 1. The molecule has 0 bridgehead atoms. The van der Waals surface area contributed by atoms with Gasteiger partial charge in [0, 0.05) is 12.0 Å². The van der Waals surface area contributed by atoms with Gasteiger partial charge in [-0.3, -0.25) is 4.79 Å². The molecule has 1 aliphatic heterocycles. The van der Waals surface area contributed by atoms with Crippen molar-refractivity contribution in [1.29, 1.82) is 0 Å². The number of rotatable bonds is 4. The first kappa shape index (κ1) is 16.2. The Hall–Kier alpha value is -1.13. The molecule has 4 heteroatoms. The van der Waals surface area contributed by atoms with E-state index in [-0.39, 0.29) is 24.1 Å². The van der Waals surface area contributed by atoms with Crippen LogP contribution in [0.25, 0.3) is 0 Å². The van der Waals surface area contributed by atoms with E-state index in [1.165, 1.54) is 0 Å². The van der Waals surface area contributed by atoms with E-state index >= 15 is 0 Å². The van der Waals surface area contributed by atoms with Gasteiger partial charge in [0.1, 0.15) is 0 Å². The lowest BCUT2D eigenvalue weighted by Gasteiger charge is -2.32. The Balaban J connectivity index is 2.24. The maximum atomic E-state index is 12.0. The Morgan fingerprint density at radius 2 is 1.71 bits per heavy atom. The third kappa shape index (κ3) is 3.07. The smallest absolute Gasteiger partial charge is 0.399 e. The topological polar surface area (TPSA) is 35.5 Å². The van der Waals surface area contributed by atoms with Crippen LogP contribution >= 0.6 is 0 Å². The highest BCUT2D eigenvalue weighted by Crippen LogP contribution is 2.36. The van der Waals surface area contributed by atoms with Gasteiger partial charge >= 0.3 is 7.12 Å². The van der Waals surface area contributed by atoms with Gasteiger partial charge in [-0.15, -0.1) is 0 Å². The van der Waals surface area contributed by atoms with Crippen molar-refractivity contribution in [3.63, 3.8) is 0 Å². The van der Waals surface area contributed by atoms with Crippen LogP contribution in [0.3, 0.4) is 0 Å². The zero-order valence-corrected chi connectivity index (χ0v) is 13.9. The Kier molecular flexibility index (Phi) is 4.32. The summed E-state index contributed by atoms with van der Waals surface area (Å²) >= 11 is 0. The van der Waals surface area contributed by atoms with Crippen molar-refractivity contribution in [3.05, 3.63) is 29.3 Å². The summed E-state index contributed by atoms with van der Waals surface area (Å²) in [4.78, 5) is 12.0. The van der Waals surface area contributed by atoms with Gasteiger partial charge in [0.2, 0.25) is 0 Å². The molecule has 0 unspecified atom stereocenters. The lowest BCUT2D eigenvalue weighted by atomic mass is 9.77. The fourth-order valence-corrected chi connectivity index (χ4v) is 2.49. The van der Waals surface area contributed by atoms with E-state index in [9.17, 15) is 4.79 Å². The van der Waals surface area contributed by atoms with Gasteiger partial charge in [0.05, 0.1) is 11.2 Å². The van der Waals surface area contributed by atoms with Crippen LogP contribution in [-0.2, 0) is 9.31 Å². The van der Waals surface area contributed by atoms with Crippen LogP contribution in [-0.4, -0.2) is 24.1 Å². The first-order chi connectivity index (χ1) is 9.68. The van der Waals surface area contributed by atoms with Gasteiger partial charge in [-0.25, -0.2) is 0 Å². The summed E-state index contributed by atoms with van der Waals surface area (Å²) in [5.41, 5.74) is 2.07. The fraction of sp³-hybridized carbons (Fsp3) is 0.588. The second-order valence-corrected chi connectivity index (χ2v) is 6.84. The molecule has 1 fully saturated rings. The molecule has 0 atom stereocenters. The average molecular weight is 288 g/mol. The molecule has 1 heterocycles. The maximum absolute atomic E-state index is 12.0. The first-order valence-electron chi connectivity index (χ1n) is 7.67. The monoisotopic (exact) mass is 288 g/mol. The van der Waals surface area contributed by atoms with Crippen molar-refractivity contribution in [2.24, 2.45) is 0 Å². The van der Waals surface area contributed by atoms with Crippen LogP contribution in [0.4, 0.5) is 0 Å². The third-order valence-electron chi connectivity index (χ3n) is 4.55. The molecule has 0 saturated carbocycles. The second-order valence-electron chi connectivity index (χ2n) is 6.84. The van der Waals surface area contributed by atoms with Crippen molar-refractivity contribution in [3.8, 4) is 0 Å². The van der Waals surface area contributed by atoms with Crippen LogP contribution in [0.15, 0.2) is 18.2 Å². The Morgan fingerprint density at radius 1 is 1.14 bits per heavy atom. The summed E-state index contributed by atoms with van der Waals surface area (Å²) in [6.45, 7) is 12.2. The van der Waals surface area contributed by atoms with Crippen molar-refractivity contribution >= 4 is 18.4 Å². The molecule has 1 aromatic rings. The molecular weight excluding hydrogens is 263 g/mol. The average Bonchev–Trinajstić information content (AvgIpc) is 2.58. The van der Waals surface area contributed by atoms with E-state index in [0.29, 0.717) is 6.42 Å². The summed E-state index contributed by atoms with van der Waals surface area (Å²) in [6, 6.07) is 5.84. The van der Waals surface area contributed by atoms with Crippen LogP contribution in [0, 0.1) is 6.92 Å². The number of hydrogen-bond donors (Lipinski definition) is 0. The zero-order chi connectivity index (χ0) is 15.8. The van der Waals surface area contributed by atoms with Gasteiger partial charge in [-0.1, -0.05) is 25.1 Å². The quantitative estimate of drug-likeness (QED) is 0.630. The van der Waals surface area contributed by atoms with Crippen molar-refractivity contribution in [1.82, 2.24) is 0 Å². The van der Waals surface area contributed by atoms with Gasteiger partial charge in [-0.05, 0) is 52.1 Å². The molecule has 0 spiro atoms. The number of ketones is 1. The normalized spacial score (nSPS) is 19.8. The molecule has 1 saturated heterocycles. The third-order valence-corrected chi connectivity index (χ3v) is 4.55. The minimum absolute atomic E-state index is 0.204. The van der Waals surface area contributed by atoms with Crippen molar-refractivity contribution in [2.75, 3.05) is 0 Å². The Bertz CT molecular complexity index is 533. The highest BCUT2D eigenvalue weighted by Gasteiger charge is 2.51. The molecule has 0 radical (unpaired) electrons. The SMILES string of the molecule is CCCC(=O)c1ccc(B2OC(C)(C)C(C)(C)O2)cc1C. The van der Waals surface area contributed by atoms with Crippen molar-refractivity contribution in [2.45, 2.75) is 65.6 Å². The van der Waals surface area contributed by atoms with E-state index in [4.69, 9.17) is 9.31 Å².